The average molecular weight is 343 g/mol. The number of hydrogen-bond acceptors (Lipinski definition) is 8. The van der Waals surface area contributed by atoms with Crippen molar-refractivity contribution < 1.29 is 78.1 Å². The standard InChI is InChI=1S/Fe.Mg.Mn.2H3O4P.H2O/c;;;2*1-5(2,3)4;/h;;;2*(H3,1,2,3,4);1H2/q3*+2;;;/p-6. The molecule has 0 atom stereocenters. The summed E-state index contributed by atoms with van der Waals surface area (Å²) in [6.45, 7) is 0. The molecule has 0 saturated heterocycles. The molecule has 14 heteroatoms. The van der Waals surface area contributed by atoms with Gasteiger partial charge in [0.2, 0.25) is 0 Å². The maximum absolute atomic E-state index is 8.55. The molecule has 0 aliphatic carbocycles. The van der Waals surface area contributed by atoms with E-state index in [4.69, 9.17) is 38.5 Å². The zero-order valence-electron chi connectivity index (χ0n) is 6.10. The first-order valence-electron chi connectivity index (χ1n) is 1.46. The predicted octanol–water partition coefficient (Wildman–Crippen LogP) is -6.86. The van der Waals surface area contributed by atoms with Crippen LogP contribution in [0.2, 0.25) is 0 Å². The monoisotopic (exact) mass is 343 g/mol. The first kappa shape index (κ1) is 36.0. The normalized spacial score (nSPS) is 8.43. The van der Waals surface area contributed by atoms with Gasteiger partial charge in [-0.25, -0.2) is 0 Å². The molecule has 0 spiro atoms. The van der Waals surface area contributed by atoms with Gasteiger partial charge in [0.1, 0.15) is 0 Å². The van der Waals surface area contributed by atoms with Gasteiger partial charge in [0, 0.05) is 0 Å². The Bertz CT molecular complexity index is 135. The fourth-order valence-corrected chi connectivity index (χ4v) is 0. The first-order valence-corrected chi connectivity index (χ1v) is 4.38. The Labute approximate surface area is 116 Å². The fraction of sp³-hybridized carbons (Fsp3) is 0. The third kappa shape index (κ3) is 598. The fourth-order valence-electron chi connectivity index (χ4n) is 0. The molecule has 9 nitrogen and oxygen atoms in total. The Balaban J connectivity index is -0.0000000178. The summed E-state index contributed by atoms with van der Waals surface area (Å²) in [6, 6.07) is 0. The van der Waals surface area contributed by atoms with E-state index >= 15 is 0 Å². The second-order valence-electron chi connectivity index (χ2n) is 0.894. The molecule has 83 valence electrons. The smallest absolute Gasteiger partial charge is 0.822 e. The van der Waals surface area contributed by atoms with Crippen LogP contribution in [0.15, 0.2) is 0 Å². The molecule has 0 unspecified atom stereocenters. The molecule has 14 heavy (non-hydrogen) atoms. The molecular weight excluding hydrogens is 341 g/mol. The summed E-state index contributed by atoms with van der Waals surface area (Å²) in [5.41, 5.74) is 0. The molecule has 1 radical (unpaired) electrons. The predicted molar refractivity (Wildman–Crippen MR) is 24.6 cm³/mol. The summed E-state index contributed by atoms with van der Waals surface area (Å²) < 4.78 is 17.1. The van der Waals surface area contributed by atoms with Crippen molar-refractivity contribution in [3.8, 4) is 0 Å². The number of rotatable bonds is 0. The molecular formula is H2FeMgMnO9P2. The molecule has 0 saturated carbocycles. The Morgan fingerprint density at radius 3 is 0.714 bits per heavy atom. The van der Waals surface area contributed by atoms with E-state index in [1.807, 2.05) is 0 Å². The molecule has 0 fully saturated rings. The van der Waals surface area contributed by atoms with E-state index in [1.54, 1.807) is 0 Å². The van der Waals surface area contributed by atoms with Crippen LogP contribution >= 0.6 is 15.6 Å². The minimum atomic E-state index is -5.39. The summed E-state index contributed by atoms with van der Waals surface area (Å²) in [5.74, 6) is 0. The second kappa shape index (κ2) is 15.0. The van der Waals surface area contributed by atoms with Crippen molar-refractivity contribution in [1.82, 2.24) is 0 Å². The molecule has 0 aromatic rings. The molecule has 0 aromatic heterocycles. The van der Waals surface area contributed by atoms with Crippen LogP contribution < -0.4 is 29.4 Å². The summed E-state index contributed by atoms with van der Waals surface area (Å²) in [5, 5.41) is 0. The van der Waals surface area contributed by atoms with E-state index in [0.29, 0.717) is 0 Å². The van der Waals surface area contributed by atoms with Gasteiger partial charge in [-0.05, 0) is 0 Å². The third-order valence-corrected chi connectivity index (χ3v) is 0. The molecule has 0 amide bonds. The average Bonchev–Trinajstić information content (AvgIpc) is 1.12. The van der Waals surface area contributed by atoms with Gasteiger partial charge in [0.25, 0.3) is 0 Å². The van der Waals surface area contributed by atoms with E-state index < -0.39 is 15.6 Å². The van der Waals surface area contributed by atoms with Crippen molar-refractivity contribution in [2.24, 2.45) is 0 Å². The van der Waals surface area contributed by atoms with Gasteiger partial charge in [-0.2, -0.15) is 15.6 Å². The zero-order chi connectivity index (χ0) is 9.00. The minimum absolute atomic E-state index is 0. The summed E-state index contributed by atoms with van der Waals surface area (Å²) in [4.78, 5) is 51.3. The SMILES string of the molecule is O.O=P([O-])([O-])[O-].O=P([O-])([O-])[O-].[Fe+2].[Mg+2].[Mn+2]. The van der Waals surface area contributed by atoms with Crippen LogP contribution in [0, 0.1) is 0 Å². The van der Waals surface area contributed by atoms with Gasteiger partial charge < -0.3 is 44.0 Å². The van der Waals surface area contributed by atoms with Crippen LogP contribution in [-0.4, -0.2) is 28.5 Å². The van der Waals surface area contributed by atoms with E-state index in [2.05, 4.69) is 0 Å². The van der Waals surface area contributed by atoms with Crippen molar-refractivity contribution in [2.75, 3.05) is 0 Å². The molecule has 0 heterocycles. The van der Waals surface area contributed by atoms with Gasteiger partial charge in [0.05, 0.1) is 0 Å². The largest absolute Gasteiger partial charge is 2.00 e. The molecule has 2 N–H and O–H groups in total. The molecule has 0 rings (SSSR count). The quantitative estimate of drug-likeness (QED) is 0.304. The van der Waals surface area contributed by atoms with Crippen molar-refractivity contribution in [3.05, 3.63) is 0 Å². The van der Waals surface area contributed by atoms with Crippen molar-refractivity contribution in [1.29, 1.82) is 0 Å². The Morgan fingerprint density at radius 2 is 0.714 bits per heavy atom. The van der Waals surface area contributed by atoms with Crippen molar-refractivity contribution in [2.45, 2.75) is 0 Å². The van der Waals surface area contributed by atoms with Crippen LogP contribution in [-0.2, 0) is 43.3 Å². The minimum Gasteiger partial charge on any atom is -0.822 e. The van der Waals surface area contributed by atoms with Crippen LogP contribution in [0.1, 0.15) is 0 Å². The van der Waals surface area contributed by atoms with E-state index in [-0.39, 0.29) is 62.7 Å². The summed E-state index contributed by atoms with van der Waals surface area (Å²) in [7, 11) is -10.8. The second-order valence-corrected chi connectivity index (χ2v) is 2.68. The van der Waals surface area contributed by atoms with Gasteiger partial charge in [0.15, 0.2) is 0 Å². The summed E-state index contributed by atoms with van der Waals surface area (Å²) >= 11 is 0. The van der Waals surface area contributed by atoms with Crippen molar-refractivity contribution >= 4 is 38.7 Å². The van der Waals surface area contributed by atoms with Gasteiger partial charge >= 0.3 is 57.2 Å². The molecule has 0 bridgehead atoms. The number of phosphoric acid groups is 2. The maximum Gasteiger partial charge on any atom is 2.00 e. The Kier molecular flexibility index (Phi) is 38.5. The first-order chi connectivity index (χ1) is 4.00. The third-order valence-electron chi connectivity index (χ3n) is 0. The van der Waals surface area contributed by atoms with Crippen LogP contribution in [0.3, 0.4) is 0 Å². The van der Waals surface area contributed by atoms with Crippen molar-refractivity contribution in [3.63, 3.8) is 0 Å². The van der Waals surface area contributed by atoms with E-state index in [0.717, 1.165) is 0 Å². The Hall–Kier alpha value is 1.99. The van der Waals surface area contributed by atoms with Crippen LogP contribution in [0.4, 0.5) is 0 Å². The van der Waals surface area contributed by atoms with Crippen LogP contribution in [0.25, 0.3) is 0 Å². The van der Waals surface area contributed by atoms with E-state index in [9.17, 15) is 0 Å². The van der Waals surface area contributed by atoms with Gasteiger partial charge in [-0.15, -0.1) is 0 Å². The number of hydrogen-bond donors (Lipinski definition) is 0. The molecule has 0 aliphatic heterocycles. The molecule has 0 aromatic carbocycles. The maximum atomic E-state index is 8.55. The van der Waals surface area contributed by atoms with Gasteiger partial charge in [-0.1, -0.05) is 0 Å². The zero-order valence-corrected chi connectivity index (χ0v) is 11.6. The van der Waals surface area contributed by atoms with Gasteiger partial charge in [-0.3, -0.25) is 0 Å². The van der Waals surface area contributed by atoms with E-state index in [1.165, 1.54) is 0 Å². The summed E-state index contributed by atoms with van der Waals surface area (Å²) in [6.07, 6.45) is 0. The van der Waals surface area contributed by atoms with Crippen LogP contribution in [0.5, 0.6) is 0 Å². The topological polar surface area (TPSA) is 204 Å². The molecule has 0 aliphatic rings. The Morgan fingerprint density at radius 1 is 0.714 bits per heavy atom.